The number of hydrogen-bond donors (Lipinski definition) is 1. The van der Waals surface area contributed by atoms with Gasteiger partial charge >= 0.3 is 0 Å². The number of hydrogen-bond acceptors (Lipinski definition) is 3. The number of rotatable bonds is 4. The number of ether oxygens (including phenoxy) is 1. The van der Waals surface area contributed by atoms with E-state index in [1.807, 2.05) is 0 Å². The van der Waals surface area contributed by atoms with Crippen molar-refractivity contribution in [1.82, 2.24) is 4.57 Å². The molecule has 7 heteroatoms. The van der Waals surface area contributed by atoms with E-state index < -0.39 is 0 Å². The van der Waals surface area contributed by atoms with Gasteiger partial charge in [-0.1, -0.05) is 23.2 Å². The van der Waals surface area contributed by atoms with Crippen LogP contribution in [0.5, 0.6) is 5.75 Å². The van der Waals surface area contributed by atoms with Crippen LogP contribution < -0.4 is 15.6 Å². The number of pyridine rings is 1. The minimum absolute atomic E-state index is 0.135. The topological polar surface area (TPSA) is 60.3 Å². The second-order valence-corrected chi connectivity index (χ2v) is 6.22. The minimum atomic E-state index is -0.376. The van der Waals surface area contributed by atoms with Gasteiger partial charge < -0.3 is 14.6 Å². The highest BCUT2D eigenvalue weighted by Gasteiger charge is 2.10. The maximum absolute atomic E-state index is 12.5. The second kappa shape index (κ2) is 7.17. The Balaban J connectivity index is 1.85. The summed E-state index contributed by atoms with van der Waals surface area (Å²) in [5, 5.41) is 4.74. The average molecular weight is 377 g/mol. The number of nitrogens with zero attached hydrogens (tertiary/aromatic N) is 1. The van der Waals surface area contributed by atoms with Gasteiger partial charge in [0.2, 0.25) is 5.91 Å². The molecule has 0 radical (unpaired) electrons. The van der Waals surface area contributed by atoms with E-state index in [1.54, 1.807) is 55.8 Å². The Kier molecular flexibility index (Phi) is 4.97. The molecule has 2 aromatic carbocycles. The summed E-state index contributed by atoms with van der Waals surface area (Å²) in [5.74, 6) is 0.289. The van der Waals surface area contributed by atoms with Gasteiger partial charge in [-0.3, -0.25) is 9.59 Å². The normalized spacial score (nSPS) is 10.7. The molecule has 3 aromatic rings. The molecule has 0 fully saturated rings. The summed E-state index contributed by atoms with van der Waals surface area (Å²) in [6.45, 7) is -0.135. The SMILES string of the molecule is COc1ccc2c(=O)n(CC(=O)Nc3cc(Cl)ccc3Cl)ccc2c1. The predicted molar refractivity (Wildman–Crippen MR) is 99.9 cm³/mol. The Hall–Kier alpha value is -2.50. The fraction of sp³-hybridized carbons (Fsp3) is 0.111. The largest absolute Gasteiger partial charge is 0.497 e. The van der Waals surface area contributed by atoms with Gasteiger partial charge in [-0.15, -0.1) is 0 Å². The summed E-state index contributed by atoms with van der Waals surface area (Å²) in [7, 11) is 1.56. The lowest BCUT2D eigenvalue weighted by atomic mass is 10.1. The van der Waals surface area contributed by atoms with Gasteiger partial charge in [-0.25, -0.2) is 0 Å². The van der Waals surface area contributed by atoms with Gasteiger partial charge in [0.25, 0.3) is 5.56 Å². The monoisotopic (exact) mass is 376 g/mol. The maximum atomic E-state index is 12.5. The van der Waals surface area contributed by atoms with Crippen LogP contribution in [0.3, 0.4) is 0 Å². The van der Waals surface area contributed by atoms with Crippen molar-refractivity contribution in [1.29, 1.82) is 0 Å². The summed E-state index contributed by atoms with van der Waals surface area (Å²) in [5.41, 5.74) is 0.144. The molecule has 1 aromatic heterocycles. The number of benzene rings is 2. The predicted octanol–water partition coefficient (Wildman–Crippen LogP) is 3.96. The zero-order valence-corrected chi connectivity index (χ0v) is 14.8. The van der Waals surface area contributed by atoms with Crippen molar-refractivity contribution in [2.75, 3.05) is 12.4 Å². The first-order valence-electron chi connectivity index (χ1n) is 7.40. The van der Waals surface area contributed by atoms with Gasteiger partial charge in [-0.2, -0.15) is 0 Å². The molecular formula is C18H14Cl2N2O3. The molecule has 0 saturated heterocycles. The molecule has 1 N–H and O–H groups in total. The summed E-state index contributed by atoms with van der Waals surface area (Å²) in [6, 6.07) is 11.7. The number of fused-ring (bicyclic) bond motifs is 1. The Bertz CT molecular complexity index is 1010. The second-order valence-electron chi connectivity index (χ2n) is 5.37. The lowest BCUT2D eigenvalue weighted by Gasteiger charge is -2.10. The maximum Gasteiger partial charge on any atom is 0.258 e. The van der Waals surface area contributed by atoms with Crippen molar-refractivity contribution in [3.8, 4) is 5.75 Å². The van der Waals surface area contributed by atoms with Crippen molar-refractivity contribution in [3.63, 3.8) is 0 Å². The third kappa shape index (κ3) is 3.78. The van der Waals surface area contributed by atoms with Crippen molar-refractivity contribution >= 4 is 45.6 Å². The lowest BCUT2D eigenvalue weighted by molar-refractivity contribution is -0.116. The molecule has 1 heterocycles. The molecule has 0 spiro atoms. The highest BCUT2D eigenvalue weighted by atomic mass is 35.5. The summed E-state index contributed by atoms with van der Waals surface area (Å²) < 4.78 is 6.48. The molecule has 3 rings (SSSR count). The van der Waals surface area contributed by atoms with Crippen LogP contribution in [0.4, 0.5) is 5.69 Å². The first-order valence-corrected chi connectivity index (χ1v) is 8.15. The number of carbonyl (C=O) groups excluding carboxylic acids is 1. The molecule has 0 unspecified atom stereocenters. The fourth-order valence-electron chi connectivity index (χ4n) is 2.46. The molecular weight excluding hydrogens is 363 g/mol. The van der Waals surface area contributed by atoms with E-state index in [-0.39, 0.29) is 18.0 Å². The van der Waals surface area contributed by atoms with Crippen LogP contribution in [0, 0.1) is 0 Å². The van der Waals surface area contributed by atoms with Crippen molar-refractivity contribution in [3.05, 3.63) is 69.1 Å². The van der Waals surface area contributed by atoms with Crippen LogP contribution in [0.1, 0.15) is 0 Å². The number of anilines is 1. The Morgan fingerprint density at radius 2 is 1.96 bits per heavy atom. The Labute approximate surface area is 153 Å². The smallest absolute Gasteiger partial charge is 0.258 e. The molecule has 1 amide bonds. The molecule has 0 aliphatic heterocycles. The molecule has 0 atom stereocenters. The molecule has 25 heavy (non-hydrogen) atoms. The standard InChI is InChI=1S/C18H14Cl2N2O3/c1-25-13-3-4-14-11(8-13)6-7-22(18(14)24)10-17(23)21-16-9-12(19)2-5-15(16)20/h2-9H,10H2,1H3,(H,21,23). The number of nitrogens with one attached hydrogen (secondary N) is 1. The van der Waals surface area contributed by atoms with Gasteiger partial charge in [0, 0.05) is 16.6 Å². The fourth-order valence-corrected chi connectivity index (χ4v) is 2.79. The van der Waals surface area contributed by atoms with E-state index in [4.69, 9.17) is 27.9 Å². The Morgan fingerprint density at radius 3 is 2.72 bits per heavy atom. The first-order chi connectivity index (χ1) is 12.0. The van der Waals surface area contributed by atoms with Crippen LogP contribution in [-0.2, 0) is 11.3 Å². The summed E-state index contributed by atoms with van der Waals surface area (Å²) in [6.07, 6.45) is 1.57. The number of halogens is 2. The summed E-state index contributed by atoms with van der Waals surface area (Å²) in [4.78, 5) is 24.8. The van der Waals surface area contributed by atoms with Crippen LogP contribution >= 0.6 is 23.2 Å². The van der Waals surface area contributed by atoms with E-state index in [1.165, 1.54) is 4.57 Å². The molecule has 128 valence electrons. The number of methoxy groups -OCH3 is 1. The van der Waals surface area contributed by atoms with E-state index in [0.29, 0.717) is 26.9 Å². The lowest BCUT2D eigenvalue weighted by Crippen LogP contribution is -2.27. The number of carbonyl (C=O) groups is 1. The van der Waals surface area contributed by atoms with E-state index >= 15 is 0 Å². The van der Waals surface area contributed by atoms with Gasteiger partial charge in [-0.05, 0) is 47.9 Å². The van der Waals surface area contributed by atoms with Crippen LogP contribution in [-0.4, -0.2) is 17.6 Å². The van der Waals surface area contributed by atoms with E-state index in [0.717, 1.165) is 5.39 Å². The van der Waals surface area contributed by atoms with Gasteiger partial charge in [0.15, 0.2) is 0 Å². The van der Waals surface area contributed by atoms with Crippen LogP contribution in [0.2, 0.25) is 10.0 Å². The first kappa shape index (κ1) is 17.3. The minimum Gasteiger partial charge on any atom is -0.497 e. The molecule has 0 bridgehead atoms. The summed E-state index contributed by atoms with van der Waals surface area (Å²) >= 11 is 11.9. The third-order valence-electron chi connectivity index (χ3n) is 3.70. The molecule has 5 nitrogen and oxygen atoms in total. The highest BCUT2D eigenvalue weighted by molar-refractivity contribution is 6.35. The van der Waals surface area contributed by atoms with Crippen LogP contribution in [0.25, 0.3) is 10.8 Å². The highest BCUT2D eigenvalue weighted by Crippen LogP contribution is 2.25. The molecule has 0 saturated carbocycles. The van der Waals surface area contributed by atoms with Gasteiger partial charge in [0.05, 0.1) is 17.8 Å². The number of amides is 1. The van der Waals surface area contributed by atoms with Crippen LogP contribution in [0.15, 0.2) is 53.5 Å². The van der Waals surface area contributed by atoms with Gasteiger partial charge in [0.1, 0.15) is 12.3 Å². The Morgan fingerprint density at radius 1 is 1.16 bits per heavy atom. The van der Waals surface area contributed by atoms with Crippen molar-refractivity contribution in [2.24, 2.45) is 0 Å². The third-order valence-corrected chi connectivity index (χ3v) is 4.27. The zero-order chi connectivity index (χ0) is 18.0. The zero-order valence-electron chi connectivity index (χ0n) is 13.3. The van der Waals surface area contributed by atoms with E-state index in [9.17, 15) is 9.59 Å². The van der Waals surface area contributed by atoms with E-state index in [2.05, 4.69) is 5.32 Å². The molecule has 0 aliphatic rings. The average Bonchev–Trinajstić information content (AvgIpc) is 2.60. The molecule has 0 aliphatic carbocycles. The van der Waals surface area contributed by atoms with Crippen molar-refractivity contribution in [2.45, 2.75) is 6.54 Å². The quantitative estimate of drug-likeness (QED) is 0.749. The number of aromatic nitrogens is 1. The van der Waals surface area contributed by atoms with Crippen molar-refractivity contribution < 1.29 is 9.53 Å².